The van der Waals surface area contributed by atoms with Gasteiger partial charge in [0.1, 0.15) is 0 Å². The first-order valence-corrected chi connectivity index (χ1v) is 8.79. The van der Waals surface area contributed by atoms with Crippen LogP contribution in [0, 0.1) is 12.8 Å². The number of likely N-dealkylation sites (tertiary alicyclic amines) is 1. The number of methoxy groups -OCH3 is 1. The van der Waals surface area contributed by atoms with E-state index in [0.29, 0.717) is 18.2 Å². The van der Waals surface area contributed by atoms with E-state index in [1.807, 2.05) is 43.3 Å². The van der Waals surface area contributed by atoms with Crippen LogP contribution in [0.15, 0.2) is 36.4 Å². The summed E-state index contributed by atoms with van der Waals surface area (Å²) >= 11 is 0. The van der Waals surface area contributed by atoms with Gasteiger partial charge in [0, 0.05) is 32.4 Å². The molecule has 1 aromatic carbocycles. The number of ether oxygens (including phenoxy) is 1. The number of aryl methyl sites for hydroxylation is 1. The molecule has 0 unspecified atom stereocenters. The first kappa shape index (κ1) is 17.6. The SMILES string of the molecule is COCCN1CC[C@@H](CNC(=O)c2cc(C)n(-c3ccccc3)n2)C1. The van der Waals surface area contributed by atoms with Crippen LogP contribution in [0.3, 0.4) is 0 Å². The van der Waals surface area contributed by atoms with Gasteiger partial charge in [-0.05, 0) is 44.0 Å². The van der Waals surface area contributed by atoms with Gasteiger partial charge in [-0.3, -0.25) is 4.79 Å². The number of hydrogen-bond donors (Lipinski definition) is 1. The van der Waals surface area contributed by atoms with E-state index < -0.39 is 0 Å². The Labute approximate surface area is 148 Å². The Morgan fingerprint density at radius 3 is 2.92 bits per heavy atom. The van der Waals surface area contributed by atoms with Gasteiger partial charge in [-0.25, -0.2) is 4.68 Å². The minimum absolute atomic E-state index is 0.104. The Kier molecular flexibility index (Phi) is 5.83. The molecule has 25 heavy (non-hydrogen) atoms. The monoisotopic (exact) mass is 342 g/mol. The molecule has 6 heteroatoms. The number of amides is 1. The summed E-state index contributed by atoms with van der Waals surface area (Å²) in [6, 6.07) is 11.7. The van der Waals surface area contributed by atoms with E-state index in [9.17, 15) is 4.79 Å². The number of aromatic nitrogens is 2. The molecule has 1 aliphatic rings. The van der Waals surface area contributed by atoms with Gasteiger partial charge in [-0.2, -0.15) is 5.10 Å². The molecule has 1 atom stereocenters. The van der Waals surface area contributed by atoms with Crippen molar-refractivity contribution in [2.45, 2.75) is 13.3 Å². The van der Waals surface area contributed by atoms with Crippen LogP contribution in [-0.2, 0) is 4.74 Å². The van der Waals surface area contributed by atoms with Gasteiger partial charge in [-0.1, -0.05) is 18.2 Å². The van der Waals surface area contributed by atoms with Gasteiger partial charge >= 0.3 is 0 Å². The maximum absolute atomic E-state index is 12.4. The molecule has 1 saturated heterocycles. The lowest BCUT2D eigenvalue weighted by Gasteiger charge is -2.15. The predicted octanol–water partition coefficient (Wildman–Crippen LogP) is 1.88. The van der Waals surface area contributed by atoms with E-state index >= 15 is 0 Å². The largest absolute Gasteiger partial charge is 0.383 e. The summed E-state index contributed by atoms with van der Waals surface area (Å²) in [5.74, 6) is 0.395. The minimum atomic E-state index is -0.104. The second-order valence-corrected chi connectivity index (χ2v) is 6.58. The molecule has 3 rings (SSSR count). The van der Waals surface area contributed by atoms with Gasteiger partial charge in [-0.15, -0.1) is 0 Å². The third-order valence-corrected chi connectivity index (χ3v) is 4.65. The number of carbonyl (C=O) groups is 1. The number of hydrogen-bond acceptors (Lipinski definition) is 4. The molecule has 0 spiro atoms. The minimum Gasteiger partial charge on any atom is -0.383 e. The fraction of sp³-hybridized carbons (Fsp3) is 0.474. The summed E-state index contributed by atoms with van der Waals surface area (Å²) in [4.78, 5) is 14.8. The van der Waals surface area contributed by atoms with E-state index in [-0.39, 0.29) is 5.91 Å². The summed E-state index contributed by atoms with van der Waals surface area (Å²) in [6.07, 6.45) is 1.11. The molecule has 2 heterocycles. The zero-order valence-corrected chi connectivity index (χ0v) is 14.9. The Balaban J connectivity index is 1.54. The number of nitrogens with one attached hydrogen (secondary N) is 1. The van der Waals surface area contributed by atoms with Gasteiger partial charge in [0.25, 0.3) is 5.91 Å². The summed E-state index contributed by atoms with van der Waals surface area (Å²) in [5, 5.41) is 7.50. The highest BCUT2D eigenvalue weighted by atomic mass is 16.5. The van der Waals surface area contributed by atoms with E-state index in [0.717, 1.165) is 44.0 Å². The highest BCUT2D eigenvalue weighted by molar-refractivity contribution is 5.92. The first-order chi connectivity index (χ1) is 12.2. The third-order valence-electron chi connectivity index (χ3n) is 4.65. The number of nitrogens with zero attached hydrogens (tertiary/aromatic N) is 3. The second kappa shape index (κ2) is 8.27. The lowest BCUT2D eigenvalue weighted by Crippen LogP contribution is -2.32. The van der Waals surface area contributed by atoms with E-state index in [4.69, 9.17) is 4.74 Å². The van der Waals surface area contributed by atoms with Gasteiger partial charge < -0.3 is 15.0 Å². The predicted molar refractivity (Wildman–Crippen MR) is 97.1 cm³/mol. The van der Waals surface area contributed by atoms with Crippen molar-refractivity contribution in [3.8, 4) is 5.69 Å². The number of carbonyl (C=O) groups excluding carboxylic acids is 1. The lowest BCUT2D eigenvalue weighted by molar-refractivity contribution is 0.0941. The molecule has 2 aromatic rings. The molecule has 6 nitrogen and oxygen atoms in total. The van der Waals surface area contributed by atoms with Crippen molar-refractivity contribution >= 4 is 5.91 Å². The normalized spacial score (nSPS) is 17.8. The quantitative estimate of drug-likeness (QED) is 0.835. The van der Waals surface area contributed by atoms with Gasteiger partial charge in [0.15, 0.2) is 5.69 Å². The average Bonchev–Trinajstić information content (AvgIpc) is 3.25. The second-order valence-electron chi connectivity index (χ2n) is 6.58. The van der Waals surface area contributed by atoms with Crippen LogP contribution < -0.4 is 5.32 Å². The Morgan fingerprint density at radius 1 is 1.36 bits per heavy atom. The number of rotatable bonds is 7. The van der Waals surface area contributed by atoms with Crippen molar-refractivity contribution < 1.29 is 9.53 Å². The smallest absolute Gasteiger partial charge is 0.271 e. The zero-order valence-electron chi connectivity index (χ0n) is 14.9. The van der Waals surface area contributed by atoms with E-state index in [2.05, 4.69) is 15.3 Å². The molecule has 1 amide bonds. The fourth-order valence-corrected chi connectivity index (χ4v) is 3.25. The molecule has 1 N–H and O–H groups in total. The maximum Gasteiger partial charge on any atom is 0.271 e. The molecule has 0 bridgehead atoms. The van der Waals surface area contributed by atoms with E-state index in [1.54, 1.807) is 11.8 Å². The third kappa shape index (κ3) is 4.46. The van der Waals surface area contributed by atoms with Crippen molar-refractivity contribution in [2.24, 2.45) is 5.92 Å². The van der Waals surface area contributed by atoms with Crippen LogP contribution in [0.2, 0.25) is 0 Å². The van der Waals surface area contributed by atoms with Crippen LogP contribution in [0.5, 0.6) is 0 Å². The summed E-state index contributed by atoms with van der Waals surface area (Å²) in [5.41, 5.74) is 2.38. The zero-order chi connectivity index (χ0) is 17.6. The molecule has 1 fully saturated rings. The summed E-state index contributed by atoms with van der Waals surface area (Å²) in [7, 11) is 1.73. The Hall–Kier alpha value is -2.18. The van der Waals surface area contributed by atoms with Crippen molar-refractivity contribution in [1.82, 2.24) is 20.0 Å². The molecule has 0 saturated carbocycles. The van der Waals surface area contributed by atoms with Gasteiger partial charge in [0.2, 0.25) is 0 Å². The van der Waals surface area contributed by atoms with Crippen LogP contribution >= 0.6 is 0 Å². The molecule has 1 aliphatic heterocycles. The molecular formula is C19H26N4O2. The van der Waals surface area contributed by atoms with Crippen LogP contribution in [-0.4, -0.2) is 60.5 Å². The molecular weight excluding hydrogens is 316 g/mol. The van der Waals surface area contributed by atoms with Crippen molar-refractivity contribution in [3.05, 3.63) is 47.8 Å². The summed E-state index contributed by atoms with van der Waals surface area (Å²) in [6.45, 7) is 6.46. The number of benzene rings is 1. The molecule has 1 aromatic heterocycles. The van der Waals surface area contributed by atoms with Crippen molar-refractivity contribution in [1.29, 1.82) is 0 Å². The molecule has 0 aliphatic carbocycles. The summed E-state index contributed by atoms with van der Waals surface area (Å²) < 4.78 is 6.93. The van der Waals surface area contributed by atoms with Crippen molar-refractivity contribution in [3.63, 3.8) is 0 Å². The van der Waals surface area contributed by atoms with Crippen LogP contribution in [0.25, 0.3) is 5.69 Å². The standard InChI is InChI=1S/C19H26N4O2/c1-15-12-18(21-23(15)17-6-4-3-5-7-17)19(24)20-13-16-8-9-22(14-16)10-11-25-2/h3-7,12,16H,8-11,13-14H2,1-2H3,(H,20,24)/t16-/m0/s1. The maximum atomic E-state index is 12.4. The molecule has 134 valence electrons. The lowest BCUT2D eigenvalue weighted by atomic mass is 10.1. The van der Waals surface area contributed by atoms with Crippen LogP contribution in [0.4, 0.5) is 0 Å². The topological polar surface area (TPSA) is 59.4 Å². The number of para-hydroxylation sites is 1. The molecule has 0 radical (unpaired) electrons. The van der Waals surface area contributed by atoms with Crippen LogP contribution in [0.1, 0.15) is 22.6 Å². The Bertz CT molecular complexity index is 699. The van der Waals surface area contributed by atoms with E-state index in [1.165, 1.54) is 0 Å². The van der Waals surface area contributed by atoms with Crippen molar-refractivity contribution in [2.75, 3.05) is 39.9 Å². The first-order valence-electron chi connectivity index (χ1n) is 8.79. The highest BCUT2D eigenvalue weighted by Gasteiger charge is 2.23. The Morgan fingerprint density at radius 2 is 2.16 bits per heavy atom. The van der Waals surface area contributed by atoms with Gasteiger partial charge in [0.05, 0.1) is 12.3 Å². The average molecular weight is 342 g/mol. The highest BCUT2D eigenvalue weighted by Crippen LogP contribution is 2.15. The fourth-order valence-electron chi connectivity index (χ4n) is 3.25.